The van der Waals surface area contributed by atoms with Gasteiger partial charge in [0.2, 0.25) is 11.8 Å². The number of hydrogen-bond donors (Lipinski definition) is 0. The fourth-order valence-corrected chi connectivity index (χ4v) is 4.09. The number of rotatable bonds is 5. The molecule has 0 aliphatic carbocycles. The molecule has 1 aliphatic heterocycles. The molecule has 4 rings (SSSR count). The number of carbonyl (C=O) groups excluding carboxylic acids is 1. The number of carbonyl (C=O) groups is 1. The molecule has 1 atom stereocenters. The lowest BCUT2D eigenvalue weighted by molar-refractivity contribution is -0.131. The van der Waals surface area contributed by atoms with E-state index in [2.05, 4.69) is 15.2 Å². The predicted octanol–water partition coefficient (Wildman–Crippen LogP) is 3.98. The van der Waals surface area contributed by atoms with Gasteiger partial charge in [-0.3, -0.25) is 9.78 Å². The first-order chi connectivity index (χ1) is 13.3. The fourth-order valence-electron chi connectivity index (χ4n) is 3.13. The van der Waals surface area contributed by atoms with Crippen molar-refractivity contribution in [3.05, 3.63) is 60.4 Å². The van der Waals surface area contributed by atoms with Crippen molar-refractivity contribution < 1.29 is 9.21 Å². The second-order valence-corrected chi connectivity index (χ2v) is 7.47. The van der Waals surface area contributed by atoms with Crippen molar-refractivity contribution in [3.8, 4) is 11.5 Å². The maximum atomic E-state index is 13.2. The van der Waals surface area contributed by atoms with Gasteiger partial charge in [-0.2, -0.15) is 0 Å². The average molecular weight is 380 g/mol. The standard InChI is InChI=1S/C20H20N4O2S/c25-19(24-12-5-2-6-13-24)17(15-8-3-1-4-9-15)27-20-23-22-18(26-20)16-10-7-11-21-14-16/h1,3-4,7-11,14,17H,2,5-6,12-13H2/t17-/m0/s1. The van der Waals surface area contributed by atoms with Crippen molar-refractivity contribution in [1.82, 2.24) is 20.1 Å². The molecule has 1 aromatic carbocycles. The minimum atomic E-state index is -0.397. The Morgan fingerprint density at radius 3 is 2.59 bits per heavy atom. The lowest BCUT2D eigenvalue weighted by Gasteiger charge is -2.29. The zero-order valence-electron chi connectivity index (χ0n) is 14.8. The summed E-state index contributed by atoms with van der Waals surface area (Å²) in [4.78, 5) is 19.2. The van der Waals surface area contributed by atoms with Crippen LogP contribution in [0.5, 0.6) is 0 Å². The Hall–Kier alpha value is -2.67. The van der Waals surface area contributed by atoms with Gasteiger partial charge in [-0.05, 0) is 48.7 Å². The Labute approximate surface area is 162 Å². The van der Waals surface area contributed by atoms with Crippen molar-refractivity contribution in [1.29, 1.82) is 0 Å². The molecule has 0 saturated carbocycles. The molecule has 0 spiro atoms. The second kappa shape index (κ2) is 8.35. The van der Waals surface area contributed by atoms with Gasteiger partial charge in [0.1, 0.15) is 5.25 Å². The maximum absolute atomic E-state index is 13.2. The molecule has 1 fully saturated rings. The van der Waals surface area contributed by atoms with Crippen LogP contribution in [0.1, 0.15) is 30.1 Å². The predicted molar refractivity (Wildman–Crippen MR) is 103 cm³/mol. The Kier molecular flexibility index (Phi) is 5.48. The molecule has 27 heavy (non-hydrogen) atoms. The Morgan fingerprint density at radius 2 is 1.85 bits per heavy atom. The first-order valence-electron chi connectivity index (χ1n) is 9.05. The number of nitrogens with zero attached hydrogens (tertiary/aromatic N) is 4. The highest BCUT2D eigenvalue weighted by molar-refractivity contribution is 8.00. The molecule has 1 amide bonds. The zero-order chi connectivity index (χ0) is 18.5. The Balaban J connectivity index is 1.58. The van der Waals surface area contributed by atoms with E-state index in [1.807, 2.05) is 47.4 Å². The summed E-state index contributed by atoms with van der Waals surface area (Å²) in [5, 5.41) is 8.22. The molecule has 1 aliphatic rings. The van der Waals surface area contributed by atoms with Gasteiger partial charge in [0, 0.05) is 25.5 Å². The quantitative estimate of drug-likeness (QED) is 0.624. The molecule has 0 unspecified atom stereocenters. The van der Waals surface area contributed by atoms with E-state index in [1.165, 1.54) is 18.2 Å². The van der Waals surface area contributed by atoms with Crippen molar-refractivity contribution >= 4 is 17.7 Å². The number of thioether (sulfide) groups is 1. The normalized spacial score (nSPS) is 15.5. The van der Waals surface area contributed by atoms with E-state index in [-0.39, 0.29) is 5.91 Å². The third kappa shape index (κ3) is 4.19. The highest BCUT2D eigenvalue weighted by Crippen LogP contribution is 2.37. The summed E-state index contributed by atoms with van der Waals surface area (Å²) in [5.74, 6) is 0.509. The molecule has 3 heterocycles. The summed E-state index contributed by atoms with van der Waals surface area (Å²) in [6.45, 7) is 1.63. The minimum absolute atomic E-state index is 0.104. The van der Waals surface area contributed by atoms with Crippen LogP contribution in [0, 0.1) is 0 Å². The highest BCUT2D eigenvalue weighted by atomic mass is 32.2. The van der Waals surface area contributed by atoms with Crippen LogP contribution in [0.25, 0.3) is 11.5 Å². The smallest absolute Gasteiger partial charge is 0.277 e. The molecular formula is C20H20N4O2S. The molecule has 2 aromatic heterocycles. The van der Waals surface area contributed by atoms with E-state index in [9.17, 15) is 4.79 Å². The molecule has 138 valence electrons. The van der Waals surface area contributed by atoms with Crippen LogP contribution in [0.4, 0.5) is 0 Å². The van der Waals surface area contributed by atoms with Gasteiger partial charge in [0.05, 0.1) is 5.56 Å². The third-order valence-electron chi connectivity index (χ3n) is 4.53. The van der Waals surface area contributed by atoms with E-state index in [1.54, 1.807) is 12.4 Å². The third-order valence-corrected chi connectivity index (χ3v) is 5.60. The van der Waals surface area contributed by atoms with Crippen LogP contribution in [-0.4, -0.2) is 39.1 Å². The lowest BCUT2D eigenvalue weighted by atomic mass is 10.1. The topological polar surface area (TPSA) is 72.1 Å². The van der Waals surface area contributed by atoms with Gasteiger partial charge in [0.25, 0.3) is 5.22 Å². The molecular weight excluding hydrogens is 360 g/mol. The molecule has 6 nitrogen and oxygen atoms in total. The number of benzene rings is 1. The van der Waals surface area contributed by atoms with Gasteiger partial charge in [-0.15, -0.1) is 10.2 Å². The molecule has 3 aromatic rings. The summed E-state index contributed by atoms with van der Waals surface area (Å²) >= 11 is 1.31. The Morgan fingerprint density at radius 1 is 1.04 bits per heavy atom. The minimum Gasteiger partial charge on any atom is -0.411 e. The van der Waals surface area contributed by atoms with Crippen molar-refractivity contribution in [2.24, 2.45) is 0 Å². The van der Waals surface area contributed by atoms with E-state index < -0.39 is 5.25 Å². The zero-order valence-corrected chi connectivity index (χ0v) is 15.6. The summed E-state index contributed by atoms with van der Waals surface area (Å²) < 4.78 is 5.79. The number of pyridine rings is 1. The summed E-state index contributed by atoms with van der Waals surface area (Å²) in [5.41, 5.74) is 1.70. The van der Waals surface area contributed by atoms with Crippen LogP contribution >= 0.6 is 11.8 Å². The van der Waals surface area contributed by atoms with Gasteiger partial charge in [-0.1, -0.05) is 30.3 Å². The molecule has 1 saturated heterocycles. The van der Waals surface area contributed by atoms with Gasteiger partial charge in [-0.25, -0.2) is 0 Å². The summed E-state index contributed by atoms with van der Waals surface area (Å²) in [7, 11) is 0. The number of hydrogen-bond acceptors (Lipinski definition) is 6. The van der Waals surface area contributed by atoms with Crippen LogP contribution in [-0.2, 0) is 4.79 Å². The van der Waals surface area contributed by atoms with Crippen molar-refractivity contribution in [3.63, 3.8) is 0 Å². The fraction of sp³-hybridized carbons (Fsp3) is 0.300. The largest absolute Gasteiger partial charge is 0.411 e. The van der Waals surface area contributed by atoms with Crippen molar-refractivity contribution in [2.45, 2.75) is 29.7 Å². The SMILES string of the molecule is O=C([C@@H](Sc1nnc(-c2cccnc2)o1)c1ccccc1)N1CCCCC1. The van der Waals surface area contributed by atoms with E-state index in [4.69, 9.17) is 4.42 Å². The van der Waals surface area contributed by atoms with Crippen LogP contribution in [0.3, 0.4) is 0 Å². The average Bonchev–Trinajstić information content (AvgIpc) is 3.22. The molecule has 0 radical (unpaired) electrons. The van der Waals surface area contributed by atoms with Gasteiger partial charge >= 0.3 is 0 Å². The van der Waals surface area contributed by atoms with Crippen LogP contribution in [0.15, 0.2) is 64.5 Å². The maximum Gasteiger partial charge on any atom is 0.277 e. The summed E-state index contributed by atoms with van der Waals surface area (Å²) in [6, 6.07) is 13.5. The Bertz CT molecular complexity index is 879. The molecule has 7 heteroatoms. The van der Waals surface area contributed by atoms with Crippen LogP contribution < -0.4 is 0 Å². The van der Waals surface area contributed by atoms with Crippen molar-refractivity contribution in [2.75, 3.05) is 13.1 Å². The van der Waals surface area contributed by atoms with Gasteiger partial charge < -0.3 is 9.32 Å². The molecule has 0 bridgehead atoms. The number of likely N-dealkylation sites (tertiary alicyclic amines) is 1. The van der Waals surface area contributed by atoms with E-state index in [0.717, 1.165) is 37.1 Å². The number of amides is 1. The first-order valence-corrected chi connectivity index (χ1v) is 9.93. The second-order valence-electron chi connectivity index (χ2n) is 6.41. The van der Waals surface area contributed by atoms with E-state index >= 15 is 0 Å². The monoisotopic (exact) mass is 380 g/mol. The molecule has 0 N–H and O–H groups in total. The van der Waals surface area contributed by atoms with Gasteiger partial charge in [0.15, 0.2) is 0 Å². The summed E-state index contributed by atoms with van der Waals surface area (Å²) in [6.07, 6.45) is 6.67. The van der Waals surface area contributed by atoms with Crippen LogP contribution in [0.2, 0.25) is 0 Å². The van der Waals surface area contributed by atoms with E-state index in [0.29, 0.717) is 11.1 Å². The highest BCUT2D eigenvalue weighted by Gasteiger charge is 2.29. The lowest BCUT2D eigenvalue weighted by Crippen LogP contribution is -2.38. The number of aromatic nitrogens is 3. The first kappa shape index (κ1) is 17.7. The number of piperidine rings is 1.